The molecule has 2 aromatic carbocycles. The minimum absolute atomic E-state index is 0.271. The summed E-state index contributed by atoms with van der Waals surface area (Å²) in [7, 11) is 0. The Bertz CT molecular complexity index is 1580. The number of thiazole rings is 1. The van der Waals surface area contributed by atoms with Gasteiger partial charge in [0.25, 0.3) is 5.56 Å². The van der Waals surface area contributed by atoms with Gasteiger partial charge in [-0.15, -0.1) is 5.10 Å². The Morgan fingerprint density at radius 1 is 0.970 bits per heavy atom. The van der Waals surface area contributed by atoms with E-state index >= 15 is 0 Å². The van der Waals surface area contributed by atoms with E-state index in [1.165, 1.54) is 22.7 Å². The number of halogens is 3. The molecule has 3 heterocycles. The van der Waals surface area contributed by atoms with Crippen LogP contribution < -0.4 is 10.1 Å². The van der Waals surface area contributed by atoms with Gasteiger partial charge in [0, 0.05) is 11.6 Å². The van der Waals surface area contributed by atoms with E-state index in [0.29, 0.717) is 26.6 Å². The van der Waals surface area contributed by atoms with Gasteiger partial charge in [0.15, 0.2) is 5.82 Å². The maximum absolute atomic E-state index is 13.0. The van der Waals surface area contributed by atoms with Crippen molar-refractivity contribution in [2.24, 2.45) is 0 Å². The molecule has 0 unspecified atom stereocenters. The van der Waals surface area contributed by atoms with Crippen LogP contribution in [-0.2, 0) is 6.18 Å². The molecule has 0 N–H and O–H groups in total. The maximum atomic E-state index is 13.0. The van der Waals surface area contributed by atoms with Crippen LogP contribution in [0.5, 0.6) is 0 Å². The third-order valence-corrected chi connectivity index (χ3v) is 5.76. The van der Waals surface area contributed by atoms with Gasteiger partial charge in [-0.1, -0.05) is 59.9 Å². The summed E-state index contributed by atoms with van der Waals surface area (Å²) in [6, 6.07) is 17.7. The van der Waals surface area contributed by atoms with Gasteiger partial charge in [-0.25, -0.2) is 0 Å². The molecule has 5 rings (SSSR count). The third-order valence-electron chi connectivity index (χ3n) is 4.80. The summed E-state index contributed by atoms with van der Waals surface area (Å²) < 4.78 is 46.1. The second kappa shape index (κ2) is 8.18. The number of furan rings is 1. The highest BCUT2D eigenvalue weighted by atomic mass is 32.1. The monoisotopic (exact) mass is 465 g/mol. The average Bonchev–Trinajstić information content (AvgIpc) is 3.50. The molecule has 0 aliphatic heterocycles. The number of nitrogens with zero attached hydrogens (tertiary/aromatic N) is 3. The van der Waals surface area contributed by atoms with Gasteiger partial charge < -0.3 is 4.42 Å². The highest BCUT2D eigenvalue weighted by molar-refractivity contribution is 7.15. The normalized spacial score (nSPS) is 12.9. The zero-order valence-electron chi connectivity index (χ0n) is 16.8. The fourth-order valence-electron chi connectivity index (χ4n) is 3.22. The van der Waals surface area contributed by atoms with Crippen LogP contribution in [0.25, 0.3) is 34.5 Å². The fraction of sp³-hybridized carbons (Fsp3) is 0.0417. The standard InChI is InChI=1S/C24H14F3N3O2S/c25-24(26,27)17-8-4-7-16(13-17)19-11-10-18(32-19)14-20-22(31)30-23(33-20)28-21(29-30)12-9-15-5-2-1-3-6-15/h1-14H/b12-9+,20-14-. The zero-order chi connectivity index (χ0) is 23.0. The van der Waals surface area contributed by atoms with Gasteiger partial charge in [-0.3, -0.25) is 4.79 Å². The minimum atomic E-state index is -4.44. The van der Waals surface area contributed by atoms with Gasteiger partial charge >= 0.3 is 6.18 Å². The summed E-state index contributed by atoms with van der Waals surface area (Å²) in [6.07, 6.45) is 0.670. The van der Waals surface area contributed by atoms with Crippen molar-refractivity contribution in [1.29, 1.82) is 0 Å². The number of aromatic nitrogens is 3. The zero-order valence-corrected chi connectivity index (χ0v) is 17.6. The van der Waals surface area contributed by atoms with Crippen molar-refractivity contribution in [3.8, 4) is 11.3 Å². The molecular weight excluding hydrogens is 451 g/mol. The molecule has 3 aromatic heterocycles. The quantitative estimate of drug-likeness (QED) is 0.369. The molecule has 0 aliphatic rings. The fourth-order valence-corrected chi connectivity index (χ4v) is 4.11. The number of benzene rings is 2. The highest BCUT2D eigenvalue weighted by Gasteiger charge is 2.30. The van der Waals surface area contributed by atoms with Gasteiger partial charge in [-0.2, -0.15) is 22.7 Å². The van der Waals surface area contributed by atoms with Crippen molar-refractivity contribution < 1.29 is 17.6 Å². The minimum Gasteiger partial charge on any atom is -0.457 e. The van der Waals surface area contributed by atoms with Crippen molar-refractivity contribution in [3.05, 3.63) is 104 Å². The lowest BCUT2D eigenvalue weighted by Crippen LogP contribution is -2.23. The lowest BCUT2D eigenvalue weighted by molar-refractivity contribution is -0.137. The maximum Gasteiger partial charge on any atom is 0.416 e. The Hall–Kier alpha value is -3.98. The highest BCUT2D eigenvalue weighted by Crippen LogP contribution is 2.32. The lowest BCUT2D eigenvalue weighted by Gasteiger charge is -2.07. The number of hydrogen-bond donors (Lipinski definition) is 0. The molecule has 164 valence electrons. The van der Waals surface area contributed by atoms with Gasteiger partial charge in [0.1, 0.15) is 16.1 Å². The first kappa shape index (κ1) is 20.9. The predicted octanol–water partition coefficient (Wildman–Crippen LogP) is 5.15. The molecule has 5 aromatic rings. The Labute approximate surface area is 188 Å². The van der Waals surface area contributed by atoms with Crippen LogP contribution >= 0.6 is 11.3 Å². The largest absolute Gasteiger partial charge is 0.457 e. The van der Waals surface area contributed by atoms with E-state index in [9.17, 15) is 18.0 Å². The van der Waals surface area contributed by atoms with Crippen LogP contribution in [-0.4, -0.2) is 14.6 Å². The van der Waals surface area contributed by atoms with Crippen LogP contribution in [0, 0.1) is 0 Å². The number of alkyl halides is 3. The van der Waals surface area contributed by atoms with Crippen LogP contribution in [0.4, 0.5) is 13.2 Å². The van der Waals surface area contributed by atoms with Gasteiger partial charge in [0.2, 0.25) is 4.96 Å². The van der Waals surface area contributed by atoms with Crippen LogP contribution in [0.1, 0.15) is 22.7 Å². The Kier molecular flexibility index (Phi) is 5.18. The lowest BCUT2D eigenvalue weighted by atomic mass is 10.1. The Balaban J connectivity index is 1.43. The number of rotatable bonds is 4. The molecule has 0 aliphatic carbocycles. The van der Waals surface area contributed by atoms with E-state index in [2.05, 4.69) is 10.1 Å². The van der Waals surface area contributed by atoms with E-state index in [0.717, 1.165) is 29.0 Å². The van der Waals surface area contributed by atoms with E-state index in [4.69, 9.17) is 4.42 Å². The van der Waals surface area contributed by atoms with E-state index in [-0.39, 0.29) is 11.3 Å². The van der Waals surface area contributed by atoms with Crippen molar-refractivity contribution in [3.63, 3.8) is 0 Å². The van der Waals surface area contributed by atoms with E-state index < -0.39 is 11.7 Å². The molecule has 5 nitrogen and oxygen atoms in total. The molecule has 0 radical (unpaired) electrons. The van der Waals surface area contributed by atoms with E-state index in [1.54, 1.807) is 18.2 Å². The van der Waals surface area contributed by atoms with Crippen LogP contribution in [0.3, 0.4) is 0 Å². The molecule has 0 fully saturated rings. The summed E-state index contributed by atoms with van der Waals surface area (Å²) in [5.41, 5.74) is 0.177. The molecule has 0 saturated carbocycles. The second-order valence-electron chi connectivity index (χ2n) is 7.10. The molecule has 0 saturated heterocycles. The first-order valence-electron chi connectivity index (χ1n) is 9.79. The molecular formula is C24H14F3N3O2S. The summed E-state index contributed by atoms with van der Waals surface area (Å²) in [5, 5.41) is 4.23. The van der Waals surface area contributed by atoms with Crippen molar-refractivity contribution >= 4 is 34.5 Å². The van der Waals surface area contributed by atoms with Gasteiger partial charge in [0.05, 0.1) is 5.56 Å². The average molecular weight is 465 g/mol. The summed E-state index contributed by atoms with van der Waals surface area (Å²) >= 11 is 1.15. The summed E-state index contributed by atoms with van der Waals surface area (Å²) in [5.74, 6) is 1.03. The van der Waals surface area contributed by atoms with Crippen LogP contribution in [0.2, 0.25) is 0 Å². The second-order valence-corrected chi connectivity index (χ2v) is 8.11. The topological polar surface area (TPSA) is 60.4 Å². The van der Waals surface area contributed by atoms with Crippen molar-refractivity contribution in [2.45, 2.75) is 6.18 Å². The van der Waals surface area contributed by atoms with E-state index in [1.807, 2.05) is 36.4 Å². The van der Waals surface area contributed by atoms with Gasteiger partial charge in [-0.05, 0) is 35.9 Å². The Morgan fingerprint density at radius 2 is 1.79 bits per heavy atom. The molecule has 0 bridgehead atoms. The van der Waals surface area contributed by atoms with Crippen molar-refractivity contribution in [2.75, 3.05) is 0 Å². The van der Waals surface area contributed by atoms with Crippen molar-refractivity contribution in [1.82, 2.24) is 14.6 Å². The number of hydrogen-bond acceptors (Lipinski definition) is 5. The molecule has 33 heavy (non-hydrogen) atoms. The smallest absolute Gasteiger partial charge is 0.416 e. The third kappa shape index (κ3) is 4.35. The molecule has 0 atom stereocenters. The molecule has 0 amide bonds. The Morgan fingerprint density at radius 3 is 2.55 bits per heavy atom. The predicted molar refractivity (Wildman–Crippen MR) is 120 cm³/mol. The first-order chi connectivity index (χ1) is 15.9. The first-order valence-corrected chi connectivity index (χ1v) is 10.6. The van der Waals surface area contributed by atoms with Crippen LogP contribution in [0.15, 0.2) is 75.9 Å². The molecule has 9 heteroatoms. The number of fused-ring (bicyclic) bond motifs is 1. The molecule has 0 spiro atoms. The summed E-state index contributed by atoms with van der Waals surface area (Å²) in [4.78, 5) is 17.5. The SMILES string of the molecule is O=c1/c(=C/c2ccc(-c3cccc(C(F)(F)F)c3)o2)sc2nc(/C=C/c3ccccc3)nn12. The summed E-state index contributed by atoms with van der Waals surface area (Å²) in [6.45, 7) is 0.